The van der Waals surface area contributed by atoms with E-state index in [1.165, 1.54) is 18.2 Å². The quantitative estimate of drug-likeness (QED) is 0.765. The van der Waals surface area contributed by atoms with Gasteiger partial charge in [-0.05, 0) is 30.7 Å². The van der Waals surface area contributed by atoms with Gasteiger partial charge in [0, 0.05) is 6.54 Å². The van der Waals surface area contributed by atoms with E-state index in [0.29, 0.717) is 11.0 Å². The zero-order valence-corrected chi connectivity index (χ0v) is 13.7. The Balaban J connectivity index is 2.05. The van der Waals surface area contributed by atoms with E-state index in [9.17, 15) is 17.6 Å². The van der Waals surface area contributed by atoms with Crippen molar-refractivity contribution in [3.63, 3.8) is 0 Å². The first kappa shape index (κ1) is 15.9. The zero-order chi connectivity index (χ0) is 16.8. The number of halogens is 1. The maximum absolute atomic E-state index is 13.9. The van der Waals surface area contributed by atoms with Gasteiger partial charge in [0.2, 0.25) is 10.0 Å². The van der Waals surface area contributed by atoms with Crippen molar-refractivity contribution in [3.8, 4) is 0 Å². The van der Waals surface area contributed by atoms with Crippen molar-refractivity contribution in [2.45, 2.75) is 18.4 Å². The van der Waals surface area contributed by atoms with Gasteiger partial charge in [0.05, 0.1) is 17.0 Å². The number of hydrogen-bond acceptors (Lipinski definition) is 3. The van der Waals surface area contributed by atoms with Crippen LogP contribution in [0.1, 0.15) is 21.5 Å². The molecule has 1 heterocycles. The molecule has 0 radical (unpaired) electrons. The number of carbonyl (C=O) groups excluding carboxylic acids is 1. The summed E-state index contributed by atoms with van der Waals surface area (Å²) in [4.78, 5) is 12.4. The third kappa shape index (κ3) is 2.70. The summed E-state index contributed by atoms with van der Waals surface area (Å²) in [5.74, 6) is -1.11. The van der Waals surface area contributed by atoms with Crippen LogP contribution in [0.2, 0.25) is 0 Å². The first-order chi connectivity index (χ1) is 10.8. The molecule has 0 saturated heterocycles. The SMILES string of the molecule is Bc1ccc(F)c2c1CN(S(=O)(=O)c1ccc(C)cc1)CC2=O. The number of ketones is 1. The Morgan fingerprint density at radius 1 is 1.09 bits per heavy atom. The van der Waals surface area contributed by atoms with Gasteiger partial charge in [0.15, 0.2) is 5.78 Å². The number of hydrogen-bond donors (Lipinski definition) is 0. The van der Waals surface area contributed by atoms with E-state index in [1.54, 1.807) is 26.0 Å². The van der Waals surface area contributed by atoms with E-state index >= 15 is 0 Å². The highest BCUT2D eigenvalue weighted by atomic mass is 32.2. The van der Waals surface area contributed by atoms with Crippen LogP contribution < -0.4 is 5.46 Å². The van der Waals surface area contributed by atoms with Crippen molar-refractivity contribution in [2.24, 2.45) is 0 Å². The molecule has 0 aliphatic carbocycles. The number of benzene rings is 2. The highest BCUT2D eigenvalue weighted by molar-refractivity contribution is 7.89. The summed E-state index contributed by atoms with van der Waals surface area (Å²) < 4.78 is 40.5. The second-order valence-corrected chi connectivity index (χ2v) is 7.67. The number of fused-ring (bicyclic) bond motifs is 1. The second kappa shape index (κ2) is 5.58. The van der Waals surface area contributed by atoms with Crippen molar-refractivity contribution in [1.29, 1.82) is 0 Å². The lowest BCUT2D eigenvalue weighted by Gasteiger charge is -2.28. The number of sulfonamides is 1. The number of carbonyl (C=O) groups is 1. The van der Waals surface area contributed by atoms with Crippen LogP contribution in [-0.4, -0.2) is 32.9 Å². The van der Waals surface area contributed by atoms with Gasteiger partial charge in [0.25, 0.3) is 0 Å². The van der Waals surface area contributed by atoms with Crippen LogP contribution in [0.4, 0.5) is 4.39 Å². The first-order valence-electron chi connectivity index (χ1n) is 7.18. The maximum atomic E-state index is 13.9. The van der Waals surface area contributed by atoms with Crippen LogP contribution >= 0.6 is 0 Å². The Morgan fingerprint density at radius 3 is 2.39 bits per heavy atom. The Morgan fingerprint density at radius 2 is 1.74 bits per heavy atom. The van der Waals surface area contributed by atoms with E-state index in [1.807, 2.05) is 6.92 Å². The van der Waals surface area contributed by atoms with Crippen molar-refractivity contribution in [3.05, 3.63) is 58.9 Å². The maximum Gasteiger partial charge on any atom is 0.243 e. The van der Waals surface area contributed by atoms with Crippen molar-refractivity contribution in [1.82, 2.24) is 4.31 Å². The van der Waals surface area contributed by atoms with E-state index in [0.717, 1.165) is 9.87 Å². The van der Waals surface area contributed by atoms with Crippen molar-refractivity contribution >= 4 is 29.1 Å². The molecule has 1 aliphatic rings. The van der Waals surface area contributed by atoms with Gasteiger partial charge < -0.3 is 0 Å². The highest BCUT2D eigenvalue weighted by Gasteiger charge is 2.34. The highest BCUT2D eigenvalue weighted by Crippen LogP contribution is 2.25. The largest absolute Gasteiger partial charge is 0.293 e. The summed E-state index contributed by atoms with van der Waals surface area (Å²) in [6, 6.07) is 9.25. The normalized spacial score (nSPS) is 15.5. The molecule has 0 amide bonds. The second-order valence-electron chi connectivity index (χ2n) is 5.73. The molecular formula is C16H15BFNO3S. The molecule has 1 aliphatic heterocycles. The Bertz CT molecular complexity index is 894. The summed E-state index contributed by atoms with van der Waals surface area (Å²) in [6.45, 7) is 1.52. The van der Waals surface area contributed by atoms with Crippen molar-refractivity contribution < 1.29 is 17.6 Å². The molecule has 0 spiro atoms. The molecule has 118 valence electrons. The minimum Gasteiger partial charge on any atom is -0.293 e. The molecule has 0 bridgehead atoms. The predicted molar refractivity (Wildman–Crippen MR) is 87.7 cm³/mol. The zero-order valence-electron chi connectivity index (χ0n) is 12.8. The van der Waals surface area contributed by atoms with E-state index in [2.05, 4.69) is 0 Å². The Hall–Kier alpha value is -1.99. The van der Waals surface area contributed by atoms with E-state index < -0.39 is 21.6 Å². The van der Waals surface area contributed by atoms with Gasteiger partial charge in [-0.15, -0.1) is 0 Å². The standard InChI is InChI=1S/C16H15BFNO3S/c1-10-2-4-11(5-3-10)23(21,22)19-8-12-13(17)6-7-14(18)16(12)15(20)9-19/h2-7H,8-9,17H2,1H3. The molecule has 7 heteroatoms. The fourth-order valence-corrected chi connectivity index (χ4v) is 4.09. The van der Waals surface area contributed by atoms with Crippen LogP contribution in [-0.2, 0) is 16.6 Å². The monoisotopic (exact) mass is 331 g/mol. The Labute approximate surface area is 135 Å². The lowest BCUT2D eigenvalue weighted by molar-refractivity contribution is 0.0945. The van der Waals surface area contributed by atoms with Crippen LogP contribution in [0.5, 0.6) is 0 Å². The smallest absolute Gasteiger partial charge is 0.243 e. The third-order valence-electron chi connectivity index (χ3n) is 4.09. The van der Waals surface area contributed by atoms with Crippen LogP contribution in [0.25, 0.3) is 0 Å². The summed E-state index contributed by atoms with van der Waals surface area (Å²) in [5.41, 5.74) is 2.11. The minimum atomic E-state index is -3.79. The average Bonchev–Trinajstić information content (AvgIpc) is 2.51. The molecule has 2 aromatic carbocycles. The van der Waals surface area contributed by atoms with Gasteiger partial charge in [-0.3, -0.25) is 4.79 Å². The van der Waals surface area contributed by atoms with Gasteiger partial charge in [-0.25, -0.2) is 12.8 Å². The van der Waals surface area contributed by atoms with Gasteiger partial charge in [-0.1, -0.05) is 29.2 Å². The number of rotatable bonds is 2. The summed E-state index contributed by atoms with van der Waals surface area (Å²) in [7, 11) is -2.05. The van der Waals surface area contributed by atoms with Crippen LogP contribution in [0.15, 0.2) is 41.3 Å². The topological polar surface area (TPSA) is 54.5 Å². The Kier molecular flexibility index (Phi) is 3.86. The molecule has 0 atom stereocenters. The third-order valence-corrected chi connectivity index (χ3v) is 5.89. The number of Topliss-reactive ketones (excluding diaryl/α,β-unsaturated/α-hetero) is 1. The first-order valence-corrected chi connectivity index (χ1v) is 8.62. The fourth-order valence-electron chi connectivity index (χ4n) is 2.73. The molecule has 0 fully saturated rings. The van der Waals surface area contributed by atoms with Crippen LogP contribution in [0.3, 0.4) is 0 Å². The molecule has 0 N–H and O–H groups in total. The fraction of sp³-hybridized carbons (Fsp3) is 0.188. The number of nitrogens with zero attached hydrogens (tertiary/aromatic N) is 1. The molecule has 0 aromatic heterocycles. The molecule has 4 nitrogen and oxygen atoms in total. The predicted octanol–water partition coefficient (Wildman–Crippen LogP) is 0.780. The van der Waals surface area contributed by atoms with E-state index in [-0.39, 0.29) is 23.5 Å². The molecule has 0 saturated carbocycles. The van der Waals surface area contributed by atoms with E-state index in [4.69, 9.17) is 0 Å². The molecular weight excluding hydrogens is 316 g/mol. The molecule has 23 heavy (non-hydrogen) atoms. The minimum absolute atomic E-state index is 0.000869. The molecule has 3 rings (SSSR count). The van der Waals surface area contributed by atoms with Gasteiger partial charge >= 0.3 is 0 Å². The average molecular weight is 331 g/mol. The summed E-state index contributed by atoms with van der Waals surface area (Å²) in [6.07, 6.45) is 0. The summed E-state index contributed by atoms with van der Waals surface area (Å²) >= 11 is 0. The van der Waals surface area contributed by atoms with Gasteiger partial charge in [0.1, 0.15) is 13.7 Å². The van der Waals surface area contributed by atoms with Gasteiger partial charge in [-0.2, -0.15) is 4.31 Å². The number of aryl methyl sites for hydroxylation is 1. The molecule has 2 aromatic rings. The summed E-state index contributed by atoms with van der Waals surface area (Å²) in [5, 5.41) is 0. The lowest BCUT2D eigenvalue weighted by atomic mass is 9.85. The van der Waals surface area contributed by atoms with Crippen molar-refractivity contribution in [2.75, 3.05) is 6.54 Å². The molecule has 0 unspecified atom stereocenters. The van der Waals surface area contributed by atoms with Crippen LogP contribution in [0, 0.1) is 12.7 Å². The lowest BCUT2D eigenvalue weighted by Crippen LogP contribution is -2.42.